The fourth-order valence-corrected chi connectivity index (χ4v) is 5.19. The first-order valence-electron chi connectivity index (χ1n) is 11.6. The van der Waals surface area contributed by atoms with Crippen LogP contribution >= 0.6 is 11.6 Å². The quantitative estimate of drug-likeness (QED) is 0.209. The standard InChI is InChI=1S/C32H20ClF3/c1-19-6-8-20(9-7-19)27-18-31-29-16-23(33)14-15-26(29)28(17-30(31)25-5-3-2-4-24(25)27)21-10-12-22(13-11-21)32(34,35)36/h2-18H,1H3. The van der Waals surface area contributed by atoms with Crippen molar-refractivity contribution in [3.63, 3.8) is 0 Å². The van der Waals surface area contributed by atoms with E-state index in [2.05, 4.69) is 55.5 Å². The molecule has 0 aliphatic rings. The number of alkyl halides is 3. The van der Waals surface area contributed by atoms with E-state index < -0.39 is 11.7 Å². The van der Waals surface area contributed by atoms with E-state index in [1.807, 2.05) is 30.3 Å². The summed E-state index contributed by atoms with van der Waals surface area (Å²) in [5, 5.41) is 6.81. The molecule has 0 heterocycles. The van der Waals surface area contributed by atoms with Crippen LogP contribution < -0.4 is 0 Å². The zero-order valence-electron chi connectivity index (χ0n) is 19.3. The molecule has 4 heteroatoms. The van der Waals surface area contributed by atoms with E-state index in [1.165, 1.54) is 5.56 Å². The normalized spacial score (nSPS) is 12.0. The van der Waals surface area contributed by atoms with Gasteiger partial charge in [-0.1, -0.05) is 83.9 Å². The van der Waals surface area contributed by atoms with E-state index in [1.54, 1.807) is 12.1 Å². The summed E-state index contributed by atoms with van der Waals surface area (Å²) in [5.41, 5.74) is 4.39. The molecular weight excluding hydrogens is 477 g/mol. The average molecular weight is 497 g/mol. The second-order valence-electron chi connectivity index (χ2n) is 9.12. The van der Waals surface area contributed by atoms with Crippen molar-refractivity contribution in [3.05, 3.63) is 119 Å². The van der Waals surface area contributed by atoms with Crippen LogP contribution in [0.25, 0.3) is 54.6 Å². The first kappa shape index (κ1) is 22.6. The van der Waals surface area contributed by atoms with Gasteiger partial charge < -0.3 is 0 Å². The molecule has 0 aliphatic heterocycles. The summed E-state index contributed by atoms with van der Waals surface area (Å²) >= 11 is 6.46. The predicted octanol–water partition coefficient (Wildman–Crippen LogP) is 10.5. The molecule has 36 heavy (non-hydrogen) atoms. The SMILES string of the molecule is Cc1ccc(-c2cc3c4cc(Cl)ccc4c(-c4ccc(C(F)(F)F)cc4)cc3c3ccccc23)cc1. The highest BCUT2D eigenvalue weighted by atomic mass is 35.5. The molecule has 6 rings (SSSR count). The molecule has 0 saturated heterocycles. The highest BCUT2D eigenvalue weighted by molar-refractivity contribution is 6.32. The monoisotopic (exact) mass is 496 g/mol. The zero-order chi connectivity index (χ0) is 25.0. The van der Waals surface area contributed by atoms with Gasteiger partial charge in [0.25, 0.3) is 0 Å². The summed E-state index contributed by atoms with van der Waals surface area (Å²) in [7, 11) is 0. The predicted molar refractivity (Wildman–Crippen MR) is 145 cm³/mol. The van der Waals surface area contributed by atoms with Crippen molar-refractivity contribution in [2.75, 3.05) is 0 Å². The number of hydrogen-bond acceptors (Lipinski definition) is 0. The van der Waals surface area contributed by atoms with Crippen molar-refractivity contribution >= 4 is 43.9 Å². The average Bonchev–Trinajstić information content (AvgIpc) is 2.88. The molecular formula is C32H20ClF3. The molecule has 0 aliphatic carbocycles. The number of rotatable bonds is 2. The Bertz CT molecular complexity index is 1760. The van der Waals surface area contributed by atoms with E-state index in [9.17, 15) is 13.2 Å². The van der Waals surface area contributed by atoms with Gasteiger partial charge in [-0.2, -0.15) is 13.2 Å². The molecule has 0 radical (unpaired) electrons. The van der Waals surface area contributed by atoms with Crippen LogP contribution in [0.15, 0.2) is 103 Å². The topological polar surface area (TPSA) is 0 Å². The molecule has 0 spiro atoms. The Labute approximate surface area is 211 Å². The number of benzene rings is 6. The van der Waals surface area contributed by atoms with Crippen LogP contribution in [0.1, 0.15) is 11.1 Å². The molecule has 0 N–H and O–H groups in total. The van der Waals surface area contributed by atoms with Gasteiger partial charge in [-0.15, -0.1) is 0 Å². The Hall–Kier alpha value is -3.82. The molecule has 0 aromatic heterocycles. The maximum atomic E-state index is 13.2. The molecule has 0 unspecified atom stereocenters. The van der Waals surface area contributed by atoms with Gasteiger partial charge in [0, 0.05) is 5.02 Å². The fraction of sp³-hybridized carbons (Fsp3) is 0.0625. The minimum Gasteiger partial charge on any atom is -0.166 e. The van der Waals surface area contributed by atoms with Crippen LogP contribution in [0, 0.1) is 6.92 Å². The van der Waals surface area contributed by atoms with Crippen LogP contribution in [-0.2, 0) is 6.18 Å². The van der Waals surface area contributed by atoms with Crippen molar-refractivity contribution in [1.29, 1.82) is 0 Å². The van der Waals surface area contributed by atoms with Crippen LogP contribution in [0.3, 0.4) is 0 Å². The van der Waals surface area contributed by atoms with Crippen LogP contribution in [0.5, 0.6) is 0 Å². The lowest BCUT2D eigenvalue weighted by molar-refractivity contribution is -0.137. The molecule has 0 nitrogen and oxygen atoms in total. The summed E-state index contributed by atoms with van der Waals surface area (Å²) in [6, 6.07) is 32.1. The third-order valence-corrected chi connectivity index (χ3v) is 7.06. The highest BCUT2D eigenvalue weighted by Gasteiger charge is 2.30. The van der Waals surface area contributed by atoms with Gasteiger partial charge in [0.15, 0.2) is 0 Å². The Morgan fingerprint density at radius 2 is 1.03 bits per heavy atom. The van der Waals surface area contributed by atoms with Gasteiger partial charge in [-0.3, -0.25) is 0 Å². The van der Waals surface area contributed by atoms with E-state index >= 15 is 0 Å². The zero-order valence-corrected chi connectivity index (χ0v) is 20.1. The molecule has 6 aromatic carbocycles. The van der Waals surface area contributed by atoms with Gasteiger partial charge >= 0.3 is 6.18 Å². The lowest BCUT2D eigenvalue weighted by atomic mass is 9.87. The van der Waals surface area contributed by atoms with E-state index in [4.69, 9.17) is 11.6 Å². The number of aryl methyl sites for hydroxylation is 1. The lowest BCUT2D eigenvalue weighted by Gasteiger charge is -2.17. The molecule has 176 valence electrons. The first-order chi connectivity index (χ1) is 17.3. The van der Waals surface area contributed by atoms with Gasteiger partial charge in [0.2, 0.25) is 0 Å². The minimum absolute atomic E-state index is 0.610. The van der Waals surface area contributed by atoms with Crippen LogP contribution in [0.2, 0.25) is 5.02 Å². The third-order valence-electron chi connectivity index (χ3n) is 6.82. The summed E-state index contributed by atoms with van der Waals surface area (Å²) < 4.78 is 39.6. The largest absolute Gasteiger partial charge is 0.416 e. The Balaban J connectivity index is 1.71. The number of halogens is 4. The van der Waals surface area contributed by atoms with Crippen molar-refractivity contribution in [1.82, 2.24) is 0 Å². The lowest BCUT2D eigenvalue weighted by Crippen LogP contribution is -2.04. The maximum absolute atomic E-state index is 13.2. The van der Waals surface area contributed by atoms with Crippen molar-refractivity contribution in [3.8, 4) is 22.3 Å². The molecule has 0 fully saturated rings. The van der Waals surface area contributed by atoms with Crippen molar-refractivity contribution in [2.45, 2.75) is 13.1 Å². The van der Waals surface area contributed by atoms with Gasteiger partial charge in [0.05, 0.1) is 5.56 Å². The van der Waals surface area contributed by atoms with Crippen molar-refractivity contribution < 1.29 is 13.2 Å². The Morgan fingerprint density at radius 1 is 0.528 bits per heavy atom. The number of hydrogen-bond donors (Lipinski definition) is 0. The first-order valence-corrected chi connectivity index (χ1v) is 12.0. The van der Waals surface area contributed by atoms with E-state index in [-0.39, 0.29) is 0 Å². The van der Waals surface area contributed by atoms with Crippen molar-refractivity contribution in [2.24, 2.45) is 0 Å². The van der Waals surface area contributed by atoms with E-state index in [0.717, 1.165) is 66.7 Å². The molecule has 6 aromatic rings. The van der Waals surface area contributed by atoms with Gasteiger partial charge in [-0.05, 0) is 97.9 Å². The van der Waals surface area contributed by atoms with Gasteiger partial charge in [0.1, 0.15) is 0 Å². The van der Waals surface area contributed by atoms with Gasteiger partial charge in [-0.25, -0.2) is 0 Å². The third kappa shape index (κ3) is 3.81. The Kier molecular flexibility index (Phi) is 5.27. The van der Waals surface area contributed by atoms with Crippen LogP contribution in [0.4, 0.5) is 13.2 Å². The highest BCUT2D eigenvalue weighted by Crippen LogP contribution is 2.42. The second-order valence-corrected chi connectivity index (χ2v) is 9.56. The number of fused-ring (bicyclic) bond motifs is 5. The minimum atomic E-state index is -4.37. The smallest absolute Gasteiger partial charge is 0.166 e. The molecule has 0 bridgehead atoms. The molecule has 0 atom stereocenters. The molecule has 0 amide bonds. The summed E-state index contributed by atoms with van der Waals surface area (Å²) in [6.45, 7) is 2.07. The fourth-order valence-electron chi connectivity index (χ4n) is 5.02. The molecule has 0 saturated carbocycles. The Morgan fingerprint density at radius 3 is 1.64 bits per heavy atom. The second kappa shape index (κ2) is 8.39. The summed E-state index contributed by atoms with van der Waals surface area (Å²) in [4.78, 5) is 0. The van der Waals surface area contributed by atoms with Crippen LogP contribution in [-0.4, -0.2) is 0 Å². The summed E-state index contributed by atoms with van der Waals surface area (Å²) in [5.74, 6) is 0. The van der Waals surface area contributed by atoms with E-state index in [0.29, 0.717) is 5.02 Å². The maximum Gasteiger partial charge on any atom is 0.416 e. The summed E-state index contributed by atoms with van der Waals surface area (Å²) in [6.07, 6.45) is -4.37.